The molecule has 0 aliphatic carbocycles. The van der Waals surface area contributed by atoms with Gasteiger partial charge in [0.1, 0.15) is 0 Å². The Labute approximate surface area is 90.1 Å². The number of hydrogen-bond donors (Lipinski definition) is 2. The van der Waals surface area contributed by atoms with E-state index in [1.54, 1.807) is 0 Å². The molecule has 3 N–H and O–H groups in total. The molecule has 70 valence electrons. The first-order chi connectivity index (χ1) is 6.09. The van der Waals surface area contributed by atoms with Crippen LogP contribution >= 0.6 is 22.6 Å². The van der Waals surface area contributed by atoms with Crippen LogP contribution in [0.4, 0.5) is 0 Å². The molecular formula is C9H10INO2. The van der Waals surface area contributed by atoms with E-state index in [1.165, 1.54) is 0 Å². The number of carboxylic acid groups (broad SMARTS) is 1. The fourth-order valence-electron chi connectivity index (χ4n) is 1.02. The highest BCUT2D eigenvalue weighted by atomic mass is 127. The van der Waals surface area contributed by atoms with E-state index >= 15 is 0 Å². The standard InChI is InChI=1S/C9H10INO2/c10-7-3-1-6(2-4-7)8(11)5-9(12)13/h1-4,8H,5,11H2,(H,12,13)/t8-/m1/s1. The van der Waals surface area contributed by atoms with Crippen LogP contribution in [0.2, 0.25) is 0 Å². The molecule has 0 unspecified atom stereocenters. The summed E-state index contributed by atoms with van der Waals surface area (Å²) in [5, 5.41) is 8.52. The zero-order chi connectivity index (χ0) is 9.84. The third kappa shape index (κ3) is 3.31. The number of hydrogen-bond acceptors (Lipinski definition) is 2. The molecule has 1 aromatic carbocycles. The zero-order valence-corrected chi connectivity index (χ0v) is 9.06. The summed E-state index contributed by atoms with van der Waals surface area (Å²) in [5.41, 5.74) is 6.53. The molecule has 0 aromatic heterocycles. The molecule has 0 bridgehead atoms. The maximum Gasteiger partial charge on any atom is 0.305 e. The van der Waals surface area contributed by atoms with E-state index < -0.39 is 12.0 Å². The van der Waals surface area contributed by atoms with E-state index in [0.717, 1.165) is 9.13 Å². The molecule has 0 fully saturated rings. The van der Waals surface area contributed by atoms with Gasteiger partial charge < -0.3 is 10.8 Å². The fraction of sp³-hybridized carbons (Fsp3) is 0.222. The van der Waals surface area contributed by atoms with Crippen molar-refractivity contribution in [1.82, 2.24) is 0 Å². The minimum atomic E-state index is -0.869. The van der Waals surface area contributed by atoms with Crippen LogP contribution < -0.4 is 5.73 Å². The van der Waals surface area contributed by atoms with Crippen LogP contribution in [0.5, 0.6) is 0 Å². The summed E-state index contributed by atoms with van der Waals surface area (Å²) in [6.45, 7) is 0. The van der Waals surface area contributed by atoms with E-state index in [0.29, 0.717) is 0 Å². The SMILES string of the molecule is N[C@H](CC(=O)O)c1ccc(I)cc1. The molecule has 0 saturated heterocycles. The lowest BCUT2D eigenvalue weighted by Gasteiger charge is -2.08. The van der Waals surface area contributed by atoms with Crippen LogP contribution in [-0.4, -0.2) is 11.1 Å². The maximum atomic E-state index is 10.4. The molecule has 13 heavy (non-hydrogen) atoms. The van der Waals surface area contributed by atoms with Gasteiger partial charge in [-0.3, -0.25) is 4.79 Å². The molecule has 1 rings (SSSR count). The van der Waals surface area contributed by atoms with E-state index in [-0.39, 0.29) is 6.42 Å². The van der Waals surface area contributed by atoms with Gasteiger partial charge in [0.25, 0.3) is 0 Å². The van der Waals surface area contributed by atoms with Crippen molar-refractivity contribution >= 4 is 28.6 Å². The number of rotatable bonds is 3. The number of halogens is 1. The highest BCUT2D eigenvalue weighted by molar-refractivity contribution is 14.1. The highest BCUT2D eigenvalue weighted by Crippen LogP contribution is 2.15. The van der Waals surface area contributed by atoms with Crippen LogP contribution in [0.15, 0.2) is 24.3 Å². The van der Waals surface area contributed by atoms with Crippen molar-refractivity contribution in [2.75, 3.05) is 0 Å². The van der Waals surface area contributed by atoms with Gasteiger partial charge in [-0.1, -0.05) is 12.1 Å². The third-order valence-electron chi connectivity index (χ3n) is 1.69. The zero-order valence-electron chi connectivity index (χ0n) is 6.90. The topological polar surface area (TPSA) is 63.3 Å². The molecule has 3 nitrogen and oxygen atoms in total. The van der Waals surface area contributed by atoms with E-state index in [1.807, 2.05) is 24.3 Å². The first kappa shape index (κ1) is 10.5. The monoisotopic (exact) mass is 291 g/mol. The third-order valence-corrected chi connectivity index (χ3v) is 2.41. The molecule has 4 heteroatoms. The van der Waals surface area contributed by atoms with Crippen LogP contribution in [0, 0.1) is 3.57 Å². The van der Waals surface area contributed by atoms with Gasteiger partial charge in [-0.2, -0.15) is 0 Å². The van der Waals surface area contributed by atoms with Gasteiger partial charge in [-0.05, 0) is 40.3 Å². The number of carboxylic acids is 1. The lowest BCUT2D eigenvalue weighted by atomic mass is 10.1. The maximum absolute atomic E-state index is 10.4. The van der Waals surface area contributed by atoms with Crippen molar-refractivity contribution in [3.05, 3.63) is 33.4 Å². The van der Waals surface area contributed by atoms with Crippen LogP contribution in [-0.2, 0) is 4.79 Å². The largest absolute Gasteiger partial charge is 0.481 e. The molecule has 0 saturated carbocycles. The highest BCUT2D eigenvalue weighted by Gasteiger charge is 2.09. The van der Waals surface area contributed by atoms with Crippen LogP contribution in [0.3, 0.4) is 0 Å². The summed E-state index contributed by atoms with van der Waals surface area (Å²) in [7, 11) is 0. The van der Waals surface area contributed by atoms with Gasteiger partial charge in [0.2, 0.25) is 0 Å². The van der Waals surface area contributed by atoms with Gasteiger partial charge in [0.15, 0.2) is 0 Å². The van der Waals surface area contributed by atoms with E-state index in [4.69, 9.17) is 10.8 Å². The molecule has 1 aromatic rings. The van der Waals surface area contributed by atoms with Crippen LogP contribution in [0.25, 0.3) is 0 Å². The quantitative estimate of drug-likeness (QED) is 0.834. The average Bonchev–Trinajstić information content (AvgIpc) is 2.04. The predicted molar refractivity (Wildman–Crippen MR) is 58.3 cm³/mol. The fourth-order valence-corrected chi connectivity index (χ4v) is 1.38. The Bertz CT molecular complexity index is 297. The van der Waals surface area contributed by atoms with Crippen molar-refractivity contribution in [3.63, 3.8) is 0 Å². The Hall–Kier alpha value is -0.620. The van der Waals surface area contributed by atoms with Gasteiger partial charge in [0.05, 0.1) is 6.42 Å². The van der Waals surface area contributed by atoms with E-state index in [2.05, 4.69) is 22.6 Å². The molecule has 0 aliphatic heterocycles. The van der Waals surface area contributed by atoms with Crippen molar-refractivity contribution in [1.29, 1.82) is 0 Å². The Morgan fingerprint density at radius 1 is 1.46 bits per heavy atom. The molecule has 0 amide bonds. The summed E-state index contributed by atoms with van der Waals surface area (Å²) in [6, 6.07) is 7.13. The Morgan fingerprint density at radius 2 is 2.00 bits per heavy atom. The lowest BCUT2D eigenvalue weighted by molar-refractivity contribution is -0.137. The van der Waals surface area contributed by atoms with Crippen molar-refractivity contribution in [2.24, 2.45) is 5.73 Å². The molecule has 1 atom stereocenters. The van der Waals surface area contributed by atoms with Crippen LogP contribution in [0.1, 0.15) is 18.0 Å². The normalized spacial score (nSPS) is 12.5. The molecule has 0 aliphatic rings. The van der Waals surface area contributed by atoms with E-state index in [9.17, 15) is 4.79 Å². The molecule has 0 radical (unpaired) electrons. The van der Waals surface area contributed by atoms with Gasteiger partial charge >= 0.3 is 5.97 Å². The van der Waals surface area contributed by atoms with Gasteiger partial charge in [0, 0.05) is 9.61 Å². The molecule has 0 spiro atoms. The predicted octanol–water partition coefficient (Wildman–Crippen LogP) is 1.77. The summed E-state index contributed by atoms with van der Waals surface area (Å²) < 4.78 is 1.11. The Kier molecular flexibility index (Phi) is 3.68. The average molecular weight is 291 g/mol. The number of carbonyl (C=O) groups is 1. The minimum absolute atomic E-state index is 0.0272. The number of nitrogens with two attached hydrogens (primary N) is 1. The van der Waals surface area contributed by atoms with Crippen molar-refractivity contribution in [2.45, 2.75) is 12.5 Å². The summed E-state index contributed by atoms with van der Waals surface area (Å²) in [4.78, 5) is 10.4. The minimum Gasteiger partial charge on any atom is -0.481 e. The first-order valence-electron chi connectivity index (χ1n) is 3.82. The van der Waals surface area contributed by atoms with Crippen molar-refractivity contribution < 1.29 is 9.90 Å². The summed E-state index contributed by atoms with van der Waals surface area (Å²) in [6.07, 6.45) is -0.0272. The molecular weight excluding hydrogens is 281 g/mol. The summed E-state index contributed by atoms with van der Waals surface area (Å²) >= 11 is 2.19. The second-order valence-electron chi connectivity index (χ2n) is 2.76. The number of aliphatic carboxylic acids is 1. The van der Waals surface area contributed by atoms with Gasteiger partial charge in [-0.25, -0.2) is 0 Å². The lowest BCUT2D eigenvalue weighted by Crippen LogP contribution is -2.14. The first-order valence-corrected chi connectivity index (χ1v) is 4.90. The smallest absolute Gasteiger partial charge is 0.305 e. The second-order valence-corrected chi connectivity index (χ2v) is 4.00. The second kappa shape index (κ2) is 4.57. The Balaban J connectivity index is 2.71. The number of benzene rings is 1. The molecule has 0 heterocycles. The van der Waals surface area contributed by atoms with Gasteiger partial charge in [-0.15, -0.1) is 0 Å². The van der Waals surface area contributed by atoms with Crippen molar-refractivity contribution in [3.8, 4) is 0 Å². The Morgan fingerprint density at radius 3 is 2.46 bits per heavy atom. The summed E-state index contributed by atoms with van der Waals surface area (Å²) in [5.74, 6) is -0.869.